The lowest BCUT2D eigenvalue weighted by atomic mass is 9.90. The predicted molar refractivity (Wildman–Crippen MR) is 125 cm³/mol. The van der Waals surface area contributed by atoms with E-state index >= 15 is 0 Å². The van der Waals surface area contributed by atoms with E-state index in [4.69, 9.17) is 9.47 Å². The summed E-state index contributed by atoms with van der Waals surface area (Å²) in [7, 11) is 1.65. The summed E-state index contributed by atoms with van der Waals surface area (Å²) in [5.74, 6) is 2.95. The number of benzene rings is 1. The molecule has 6 rings (SSSR count). The molecule has 3 aromatic rings. The smallest absolute Gasteiger partial charge is 0.213 e. The molecule has 2 saturated heterocycles. The van der Waals surface area contributed by atoms with Gasteiger partial charge in [0, 0.05) is 55.6 Å². The summed E-state index contributed by atoms with van der Waals surface area (Å²) >= 11 is 0. The number of nitrogens with zero attached hydrogens (tertiary/aromatic N) is 3. The van der Waals surface area contributed by atoms with Gasteiger partial charge in [-0.2, -0.15) is 5.10 Å². The second-order valence-electron chi connectivity index (χ2n) is 9.90. The molecule has 3 aliphatic rings. The Balaban J connectivity index is 1.25. The molecule has 3 fully saturated rings. The van der Waals surface area contributed by atoms with Crippen LogP contribution in [0.2, 0.25) is 0 Å². The number of hydrogen-bond acceptors (Lipinski definition) is 5. The van der Waals surface area contributed by atoms with Crippen molar-refractivity contribution in [2.75, 3.05) is 33.4 Å². The molecule has 2 aliphatic heterocycles. The Labute approximate surface area is 189 Å². The highest BCUT2D eigenvalue weighted by atomic mass is 16.5. The van der Waals surface area contributed by atoms with Crippen molar-refractivity contribution in [1.29, 1.82) is 0 Å². The van der Waals surface area contributed by atoms with Crippen molar-refractivity contribution >= 4 is 10.9 Å². The molecule has 0 spiro atoms. The molecule has 0 radical (unpaired) electrons. The van der Waals surface area contributed by atoms with E-state index in [1.165, 1.54) is 55.3 Å². The molecular formula is C26H32N4O2. The van der Waals surface area contributed by atoms with E-state index in [1.807, 2.05) is 12.1 Å². The molecule has 1 aliphatic carbocycles. The van der Waals surface area contributed by atoms with E-state index in [-0.39, 0.29) is 0 Å². The maximum absolute atomic E-state index is 5.58. The van der Waals surface area contributed by atoms with Gasteiger partial charge in [0.05, 0.1) is 12.6 Å². The third-order valence-electron chi connectivity index (χ3n) is 8.09. The molecule has 32 heavy (non-hydrogen) atoms. The summed E-state index contributed by atoms with van der Waals surface area (Å²) in [5, 5.41) is 9.07. The number of methoxy groups -OCH3 is 1. The first kappa shape index (κ1) is 20.2. The van der Waals surface area contributed by atoms with E-state index in [2.05, 4.69) is 39.1 Å². The highest BCUT2D eigenvalue weighted by molar-refractivity contribution is 5.94. The Morgan fingerprint density at radius 2 is 1.88 bits per heavy atom. The minimum Gasteiger partial charge on any atom is -0.481 e. The van der Waals surface area contributed by atoms with Gasteiger partial charge in [-0.1, -0.05) is 0 Å². The van der Waals surface area contributed by atoms with Crippen molar-refractivity contribution < 1.29 is 9.47 Å². The number of H-pyrrole nitrogens is 1. The highest BCUT2D eigenvalue weighted by Gasteiger charge is 2.43. The van der Waals surface area contributed by atoms with Gasteiger partial charge in [-0.15, -0.1) is 0 Å². The average molecular weight is 433 g/mol. The summed E-state index contributed by atoms with van der Waals surface area (Å²) in [6, 6.07) is 9.39. The average Bonchev–Trinajstić information content (AvgIpc) is 3.52. The van der Waals surface area contributed by atoms with E-state index in [9.17, 15) is 0 Å². The minimum absolute atomic E-state index is 0.615. The zero-order valence-corrected chi connectivity index (χ0v) is 19.0. The Bertz CT molecular complexity index is 1110. The van der Waals surface area contributed by atoms with Gasteiger partial charge in [-0.25, -0.2) is 4.98 Å². The molecule has 3 atom stereocenters. The van der Waals surface area contributed by atoms with Gasteiger partial charge >= 0.3 is 0 Å². The summed E-state index contributed by atoms with van der Waals surface area (Å²) in [6.07, 6.45) is 6.83. The van der Waals surface area contributed by atoms with Crippen LogP contribution in [0.25, 0.3) is 22.2 Å². The summed E-state index contributed by atoms with van der Waals surface area (Å²) in [6.45, 7) is 6.69. The topological polar surface area (TPSA) is 63.3 Å². The van der Waals surface area contributed by atoms with Crippen LogP contribution in [0, 0.1) is 18.8 Å². The third-order valence-corrected chi connectivity index (χ3v) is 8.09. The fourth-order valence-electron chi connectivity index (χ4n) is 6.46. The number of pyridine rings is 1. The number of fused-ring (bicyclic) bond motifs is 2. The predicted octanol–water partition coefficient (Wildman–Crippen LogP) is 4.55. The second-order valence-corrected chi connectivity index (χ2v) is 9.90. The Kier molecular flexibility index (Phi) is 5.15. The number of rotatable bonds is 4. The van der Waals surface area contributed by atoms with E-state index in [0.717, 1.165) is 47.9 Å². The number of nitrogens with one attached hydrogen (secondary N) is 1. The highest BCUT2D eigenvalue weighted by Crippen LogP contribution is 2.48. The normalized spacial score (nSPS) is 26.6. The van der Waals surface area contributed by atoms with E-state index in [0.29, 0.717) is 11.8 Å². The molecule has 1 saturated carbocycles. The lowest BCUT2D eigenvalue weighted by Gasteiger charge is -2.32. The molecule has 1 N–H and O–H groups in total. The molecule has 6 heteroatoms. The van der Waals surface area contributed by atoms with Crippen molar-refractivity contribution in [2.45, 2.75) is 44.6 Å². The number of aryl methyl sites for hydroxylation is 1. The Morgan fingerprint density at radius 1 is 1.09 bits per heavy atom. The molecule has 2 aromatic heterocycles. The van der Waals surface area contributed by atoms with Crippen LogP contribution in [0.15, 0.2) is 30.5 Å². The number of likely N-dealkylation sites (tertiary alicyclic amines) is 1. The van der Waals surface area contributed by atoms with Crippen LogP contribution >= 0.6 is 0 Å². The Morgan fingerprint density at radius 3 is 2.62 bits per heavy atom. The number of aromatic amines is 1. The van der Waals surface area contributed by atoms with Gasteiger partial charge in [-0.3, -0.25) is 10.00 Å². The first-order valence-electron chi connectivity index (χ1n) is 12.0. The van der Waals surface area contributed by atoms with Gasteiger partial charge in [-0.05, 0) is 79.7 Å². The first-order valence-corrected chi connectivity index (χ1v) is 12.0. The van der Waals surface area contributed by atoms with Crippen LogP contribution in [0.5, 0.6) is 5.88 Å². The molecule has 1 unspecified atom stereocenters. The lowest BCUT2D eigenvalue weighted by molar-refractivity contribution is 0.0395. The zero-order valence-electron chi connectivity index (χ0n) is 19.0. The summed E-state index contributed by atoms with van der Waals surface area (Å²) < 4.78 is 10.9. The van der Waals surface area contributed by atoms with Gasteiger partial charge in [0.15, 0.2) is 0 Å². The lowest BCUT2D eigenvalue weighted by Crippen LogP contribution is -2.38. The molecule has 0 bridgehead atoms. The summed E-state index contributed by atoms with van der Waals surface area (Å²) in [5.41, 5.74) is 6.00. The number of aromatic nitrogens is 3. The Hall–Kier alpha value is -2.44. The van der Waals surface area contributed by atoms with Gasteiger partial charge in [0.25, 0.3) is 0 Å². The summed E-state index contributed by atoms with van der Waals surface area (Å²) in [4.78, 5) is 7.02. The van der Waals surface area contributed by atoms with Crippen molar-refractivity contribution in [3.63, 3.8) is 0 Å². The van der Waals surface area contributed by atoms with Crippen molar-refractivity contribution in [3.05, 3.63) is 41.6 Å². The van der Waals surface area contributed by atoms with Crippen molar-refractivity contribution in [1.82, 2.24) is 20.1 Å². The third kappa shape index (κ3) is 3.50. The monoisotopic (exact) mass is 432 g/mol. The number of ether oxygens (including phenoxy) is 2. The van der Waals surface area contributed by atoms with Crippen LogP contribution < -0.4 is 4.74 Å². The second kappa shape index (κ2) is 8.16. The molecule has 168 valence electrons. The van der Waals surface area contributed by atoms with Gasteiger partial charge in [0.2, 0.25) is 5.88 Å². The molecule has 1 aromatic carbocycles. The van der Waals surface area contributed by atoms with Crippen LogP contribution in [0.3, 0.4) is 0 Å². The van der Waals surface area contributed by atoms with E-state index < -0.39 is 0 Å². The standard InChI is InChI=1S/C26H32N4O2/c1-16-9-24-23(26(29-28-24)17-3-6-27-25(12-17)31-2)13-22(16)18-10-19-14-30(15-20(19)11-18)21-4-7-32-8-5-21/h3,6,9,12-13,18-21H,4-5,7-8,10-11,14-15H2,1-2H3,(H,28,29)/t18?,19-,20+. The van der Waals surface area contributed by atoms with Crippen molar-refractivity contribution in [2.24, 2.45) is 11.8 Å². The zero-order chi connectivity index (χ0) is 21.7. The maximum Gasteiger partial charge on any atom is 0.213 e. The fourth-order valence-corrected chi connectivity index (χ4v) is 6.46. The SMILES string of the molecule is COc1cc(-c2n[nH]c3cc(C)c(C4C[C@@H]5CN(C6CCOCC6)C[C@@H]5C4)cc23)ccn1. The quantitative estimate of drug-likeness (QED) is 0.655. The minimum atomic E-state index is 0.615. The largest absolute Gasteiger partial charge is 0.481 e. The molecule has 0 amide bonds. The molecular weight excluding hydrogens is 400 g/mol. The van der Waals surface area contributed by atoms with Crippen LogP contribution in [0.1, 0.15) is 42.7 Å². The maximum atomic E-state index is 5.58. The van der Waals surface area contributed by atoms with Crippen LogP contribution in [-0.2, 0) is 4.74 Å². The van der Waals surface area contributed by atoms with Crippen LogP contribution in [-0.4, -0.2) is 59.5 Å². The number of hydrogen-bond donors (Lipinski definition) is 1. The van der Waals surface area contributed by atoms with Crippen LogP contribution in [0.4, 0.5) is 0 Å². The van der Waals surface area contributed by atoms with Gasteiger partial charge in [0.1, 0.15) is 5.69 Å². The first-order chi connectivity index (χ1) is 15.7. The molecule has 6 nitrogen and oxygen atoms in total. The van der Waals surface area contributed by atoms with Crippen molar-refractivity contribution in [3.8, 4) is 17.1 Å². The molecule has 4 heterocycles. The van der Waals surface area contributed by atoms with Gasteiger partial charge < -0.3 is 9.47 Å². The fraction of sp³-hybridized carbons (Fsp3) is 0.538. The van der Waals surface area contributed by atoms with E-state index in [1.54, 1.807) is 13.3 Å².